The molecule has 5 atom stereocenters. The second-order valence-electron chi connectivity index (χ2n) is 9.72. The van der Waals surface area contributed by atoms with E-state index in [4.69, 9.17) is 11.6 Å². The summed E-state index contributed by atoms with van der Waals surface area (Å²) in [5.41, 5.74) is -0.768. The summed E-state index contributed by atoms with van der Waals surface area (Å²) in [5.74, 6) is -14.7. The van der Waals surface area contributed by atoms with Crippen LogP contribution in [0.1, 0.15) is 37.7 Å². The van der Waals surface area contributed by atoms with E-state index >= 15 is 8.78 Å². The summed E-state index contributed by atoms with van der Waals surface area (Å²) in [7, 11) is 0. The Bertz CT molecular complexity index is 1100. The predicted octanol–water partition coefficient (Wildman–Crippen LogP) is 3.00. The van der Waals surface area contributed by atoms with Crippen molar-refractivity contribution < 1.29 is 41.1 Å². The molecule has 1 saturated carbocycles. The molecule has 0 aromatic heterocycles. The number of nitrogens with one attached hydrogen (secondary N) is 2. The van der Waals surface area contributed by atoms with Crippen molar-refractivity contribution in [3.05, 3.63) is 34.9 Å². The molecule has 1 aromatic carbocycles. The van der Waals surface area contributed by atoms with E-state index in [-0.39, 0.29) is 24.3 Å². The van der Waals surface area contributed by atoms with E-state index in [1.165, 1.54) is 12.1 Å². The summed E-state index contributed by atoms with van der Waals surface area (Å²) < 4.78 is 73.6. The van der Waals surface area contributed by atoms with Crippen molar-refractivity contribution in [1.29, 1.82) is 0 Å². The first-order chi connectivity index (χ1) is 17.4. The molecular weight excluding hydrogens is 525 g/mol. The van der Waals surface area contributed by atoms with Gasteiger partial charge in [0.15, 0.2) is 5.78 Å². The lowest BCUT2D eigenvalue weighted by atomic mass is 9.71. The van der Waals surface area contributed by atoms with E-state index in [9.17, 15) is 32.3 Å². The maximum Gasteiger partial charge on any atom is 0.350 e. The highest BCUT2D eigenvalue weighted by atomic mass is 35.5. The normalized spacial score (nSPS) is 27.5. The minimum atomic E-state index is -4.19. The van der Waals surface area contributed by atoms with Crippen LogP contribution in [0.4, 0.5) is 22.0 Å². The molecule has 4 fully saturated rings. The lowest BCUT2D eigenvalue weighted by molar-refractivity contribution is -0.207. The first-order valence-electron chi connectivity index (χ1n) is 11.9. The summed E-state index contributed by atoms with van der Waals surface area (Å²) >= 11 is 5.79. The zero-order valence-electron chi connectivity index (χ0n) is 19.5. The summed E-state index contributed by atoms with van der Waals surface area (Å²) in [4.78, 5) is 51.1. The molecule has 3 saturated heterocycles. The van der Waals surface area contributed by atoms with Crippen LogP contribution in [0.15, 0.2) is 24.3 Å². The van der Waals surface area contributed by atoms with Crippen molar-refractivity contribution in [2.24, 2.45) is 11.8 Å². The average molecular weight is 550 g/mol. The Hall–Kier alpha value is -2.76. The molecule has 37 heavy (non-hydrogen) atoms. The predicted molar refractivity (Wildman–Crippen MR) is 121 cm³/mol. The number of fused-ring (bicyclic) bond motifs is 3. The number of amides is 3. The zero-order valence-corrected chi connectivity index (χ0v) is 20.2. The Morgan fingerprint density at radius 1 is 1.22 bits per heavy atom. The highest BCUT2D eigenvalue weighted by Gasteiger charge is 2.63. The molecule has 1 aromatic rings. The Labute approximate surface area is 214 Å². The second-order valence-corrected chi connectivity index (χ2v) is 10.2. The van der Waals surface area contributed by atoms with E-state index in [0.29, 0.717) is 17.9 Å². The SMILES string of the molecule is O=C1NCC[C@H]1C[C@@H](NC(=O)[C@H]1[C@H]2CC[C@H](CC2(F)F)N1C(=O)C(F)(F)c1cccc(Cl)c1)C(=O)CF. The fourth-order valence-electron chi connectivity index (χ4n) is 5.54. The van der Waals surface area contributed by atoms with Gasteiger partial charge in [0.1, 0.15) is 12.7 Å². The van der Waals surface area contributed by atoms with Crippen LogP contribution in [0.3, 0.4) is 0 Å². The Balaban J connectivity index is 1.64. The van der Waals surface area contributed by atoms with Crippen molar-refractivity contribution in [3.8, 4) is 0 Å². The number of benzene rings is 1. The molecule has 202 valence electrons. The summed E-state index contributed by atoms with van der Waals surface area (Å²) in [5, 5.41) is 4.65. The van der Waals surface area contributed by atoms with Crippen LogP contribution in [0.2, 0.25) is 5.02 Å². The minimum Gasteiger partial charge on any atom is -0.356 e. The van der Waals surface area contributed by atoms with Gasteiger partial charge in [0.25, 0.3) is 11.8 Å². The number of piperidine rings is 2. The topological polar surface area (TPSA) is 95.6 Å². The molecule has 4 aliphatic rings. The smallest absolute Gasteiger partial charge is 0.350 e. The van der Waals surface area contributed by atoms with E-state index in [0.717, 1.165) is 12.1 Å². The third-order valence-corrected chi connectivity index (χ3v) is 7.65. The number of halogens is 6. The number of ketones is 1. The summed E-state index contributed by atoms with van der Waals surface area (Å²) in [6, 6.07) is -0.585. The number of Topliss-reactive ketones (excluding diaryl/α,β-unsaturated/α-hetero) is 1. The van der Waals surface area contributed by atoms with Gasteiger partial charge in [-0.3, -0.25) is 19.2 Å². The third-order valence-electron chi connectivity index (χ3n) is 7.41. The van der Waals surface area contributed by atoms with Gasteiger partial charge >= 0.3 is 5.92 Å². The van der Waals surface area contributed by atoms with Gasteiger partial charge in [0.2, 0.25) is 11.8 Å². The molecule has 2 N–H and O–H groups in total. The highest BCUT2D eigenvalue weighted by Crippen LogP contribution is 2.50. The third kappa shape index (κ3) is 5.17. The zero-order chi connectivity index (χ0) is 27.1. The molecule has 0 radical (unpaired) electrons. The van der Waals surface area contributed by atoms with Crippen LogP contribution in [-0.4, -0.2) is 65.7 Å². The molecule has 13 heteroatoms. The van der Waals surface area contributed by atoms with Crippen LogP contribution >= 0.6 is 11.6 Å². The Morgan fingerprint density at radius 3 is 2.54 bits per heavy atom. The molecular formula is C24H25ClF5N3O4. The number of carbonyl (C=O) groups excluding carboxylic acids is 4. The lowest BCUT2D eigenvalue weighted by Gasteiger charge is -2.54. The van der Waals surface area contributed by atoms with Gasteiger partial charge in [-0.25, -0.2) is 13.2 Å². The van der Waals surface area contributed by atoms with E-state index < -0.39 is 84.0 Å². The number of alkyl halides is 5. The number of rotatable bonds is 8. The monoisotopic (exact) mass is 549 g/mol. The van der Waals surface area contributed by atoms with Crippen molar-refractivity contribution in [1.82, 2.24) is 15.5 Å². The Morgan fingerprint density at radius 2 is 1.95 bits per heavy atom. The first kappa shape index (κ1) is 27.3. The van der Waals surface area contributed by atoms with Gasteiger partial charge < -0.3 is 15.5 Å². The fourth-order valence-corrected chi connectivity index (χ4v) is 5.73. The van der Waals surface area contributed by atoms with Gasteiger partial charge in [0.05, 0.1) is 12.0 Å². The molecule has 7 nitrogen and oxygen atoms in total. The van der Waals surface area contributed by atoms with Crippen molar-refractivity contribution in [2.75, 3.05) is 13.2 Å². The molecule has 3 amide bonds. The molecule has 3 aliphatic heterocycles. The van der Waals surface area contributed by atoms with Crippen LogP contribution in [0, 0.1) is 11.8 Å². The summed E-state index contributed by atoms with van der Waals surface area (Å²) in [6.45, 7) is -1.19. The largest absolute Gasteiger partial charge is 0.356 e. The fraction of sp³-hybridized carbons (Fsp3) is 0.583. The van der Waals surface area contributed by atoms with Gasteiger partial charge in [-0.05, 0) is 37.8 Å². The average Bonchev–Trinajstić information content (AvgIpc) is 3.25. The van der Waals surface area contributed by atoms with E-state index in [2.05, 4.69) is 10.6 Å². The number of carbonyl (C=O) groups is 4. The molecule has 0 spiro atoms. The molecule has 2 bridgehead atoms. The lowest BCUT2D eigenvalue weighted by Crippen LogP contribution is -2.70. The van der Waals surface area contributed by atoms with Crippen molar-refractivity contribution in [2.45, 2.75) is 62.1 Å². The van der Waals surface area contributed by atoms with Crippen LogP contribution in [0.25, 0.3) is 0 Å². The van der Waals surface area contributed by atoms with E-state index in [1.54, 1.807) is 0 Å². The van der Waals surface area contributed by atoms with E-state index in [1.807, 2.05) is 0 Å². The van der Waals surface area contributed by atoms with Crippen LogP contribution < -0.4 is 10.6 Å². The molecule has 5 rings (SSSR count). The first-order valence-corrected chi connectivity index (χ1v) is 12.3. The van der Waals surface area contributed by atoms with Gasteiger partial charge in [0, 0.05) is 35.5 Å². The van der Waals surface area contributed by atoms with Crippen molar-refractivity contribution >= 4 is 35.1 Å². The summed E-state index contributed by atoms with van der Waals surface area (Å²) in [6.07, 6.45) is -1.10. The number of nitrogens with zero attached hydrogens (tertiary/aromatic N) is 1. The second kappa shape index (κ2) is 10.2. The Kier molecular flexibility index (Phi) is 7.51. The highest BCUT2D eigenvalue weighted by molar-refractivity contribution is 6.30. The standard InChI is InChI=1S/C24H25ClF5N3O4/c25-14-3-1-2-13(9-14)24(29,30)22(37)33-15-4-5-16(23(27,28)10-15)19(33)21(36)32-17(18(34)11-26)8-12-6-7-31-20(12)35/h1-3,9,12,15-17,19H,4-8,10-11H2,(H,31,35)(H,32,36)/t12-,15+,16+,17+,19+/m0/s1. The molecule has 3 heterocycles. The quantitative estimate of drug-likeness (QED) is 0.488. The maximum atomic E-state index is 15.3. The van der Waals surface area contributed by atoms with Gasteiger partial charge in [-0.15, -0.1) is 0 Å². The molecule has 0 unspecified atom stereocenters. The van der Waals surface area contributed by atoms with Crippen LogP contribution in [-0.2, 0) is 25.1 Å². The minimum absolute atomic E-state index is 0.0174. The number of hydrogen-bond donors (Lipinski definition) is 2. The van der Waals surface area contributed by atoms with Gasteiger partial charge in [-0.2, -0.15) is 8.78 Å². The van der Waals surface area contributed by atoms with Crippen LogP contribution in [0.5, 0.6) is 0 Å². The van der Waals surface area contributed by atoms with Gasteiger partial charge in [-0.1, -0.05) is 23.7 Å². The number of hydrogen-bond acceptors (Lipinski definition) is 4. The molecule has 1 aliphatic carbocycles. The van der Waals surface area contributed by atoms with Crippen molar-refractivity contribution in [3.63, 3.8) is 0 Å². The maximum absolute atomic E-state index is 15.3.